The summed E-state index contributed by atoms with van der Waals surface area (Å²) in [5.41, 5.74) is -0.499. The molecule has 2 rings (SSSR count). The van der Waals surface area contributed by atoms with Crippen LogP contribution in [-0.4, -0.2) is 29.7 Å². The highest BCUT2D eigenvalue weighted by Gasteiger charge is 2.46. The second kappa shape index (κ2) is 3.47. The Morgan fingerprint density at radius 1 is 1.00 bits per heavy atom. The standard InChI is InChI=1S/C11H20O3/c1-9(2)10(12)3-5-11(6-4-10)13-7-8-14-11/h9,12H,3-8H2,1-2H3. The van der Waals surface area contributed by atoms with Crippen LogP contribution in [0, 0.1) is 5.92 Å². The first-order valence-corrected chi connectivity index (χ1v) is 5.57. The maximum Gasteiger partial charge on any atom is 0.168 e. The van der Waals surface area contributed by atoms with Gasteiger partial charge in [0, 0.05) is 12.8 Å². The molecule has 14 heavy (non-hydrogen) atoms. The van der Waals surface area contributed by atoms with Crippen molar-refractivity contribution in [1.29, 1.82) is 0 Å². The van der Waals surface area contributed by atoms with Crippen LogP contribution in [0.2, 0.25) is 0 Å². The molecule has 0 bridgehead atoms. The SMILES string of the molecule is CC(C)C1(O)CCC2(CC1)OCCO2. The van der Waals surface area contributed by atoms with Gasteiger partial charge in [-0.1, -0.05) is 13.8 Å². The fourth-order valence-corrected chi connectivity index (χ4v) is 2.43. The molecule has 1 saturated carbocycles. The fourth-order valence-electron chi connectivity index (χ4n) is 2.43. The Bertz CT molecular complexity index is 191. The maximum absolute atomic E-state index is 10.3. The van der Waals surface area contributed by atoms with Gasteiger partial charge in [0.15, 0.2) is 5.79 Å². The van der Waals surface area contributed by atoms with Crippen LogP contribution in [0.5, 0.6) is 0 Å². The van der Waals surface area contributed by atoms with Gasteiger partial charge in [-0.25, -0.2) is 0 Å². The van der Waals surface area contributed by atoms with E-state index in [1.165, 1.54) is 0 Å². The van der Waals surface area contributed by atoms with Crippen molar-refractivity contribution in [3.05, 3.63) is 0 Å². The third kappa shape index (κ3) is 1.69. The smallest absolute Gasteiger partial charge is 0.168 e. The molecule has 2 aliphatic rings. The first-order valence-electron chi connectivity index (χ1n) is 5.57. The van der Waals surface area contributed by atoms with Crippen LogP contribution in [0.3, 0.4) is 0 Å². The van der Waals surface area contributed by atoms with Crippen molar-refractivity contribution in [2.45, 2.75) is 50.9 Å². The topological polar surface area (TPSA) is 38.7 Å². The van der Waals surface area contributed by atoms with Gasteiger partial charge in [0.25, 0.3) is 0 Å². The molecule has 3 nitrogen and oxygen atoms in total. The largest absolute Gasteiger partial charge is 0.390 e. The van der Waals surface area contributed by atoms with Gasteiger partial charge in [-0.15, -0.1) is 0 Å². The average Bonchev–Trinajstić information content (AvgIpc) is 2.60. The van der Waals surface area contributed by atoms with E-state index in [2.05, 4.69) is 13.8 Å². The van der Waals surface area contributed by atoms with Gasteiger partial charge in [-0.05, 0) is 18.8 Å². The lowest BCUT2D eigenvalue weighted by Gasteiger charge is -2.42. The van der Waals surface area contributed by atoms with Crippen LogP contribution in [0.1, 0.15) is 39.5 Å². The zero-order valence-corrected chi connectivity index (χ0v) is 9.08. The van der Waals surface area contributed by atoms with Crippen molar-refractivity contribution >= 4 is 0 Å². The zero-order valence-electron chi connectivity index (χ0n) is 9.08. The zero-order chi connectivity index (χ0) is 10.2. The van der Waals surface area contributed by atoms with Crippen molar-refractivity contribution in [2.75, 3.05) is 13.2 Å². The highest BCUT2D eigenvalue weighted by molar-refractivity contribution is 4.92. The lowest BCUT2D eigenvalue weighted by Crippen LogP contribution is -2.46. The highest BCUT2D eigenvalue weighted by Crippen LogP contribution is 2.42. The maximum atomic E-state index is 10.3. The summed E-state index contributed by atoms with van der Waals surface area (Å²) in [6, 6.07) is 0. The van der Waals surface area contributed by atoms with Gasteiger partial charge < -0.3 is 14.6 Å². The van der Waals surface area contributed by atoms with Crippen LogP contribution < -0.4 is 0 Å². The van der Waals surface area contributed by atoms with Crippen molar-refractivity contribution < 1.29 is 14.6 Å². The molecule has 1 aliphatic heterocycles. The van der Waals surface area contributed by atoms with Gasteiger partial charge >= 0.3 is 0 Å². The average molecular weight is 200 g/mol. The van der Waals surface area contributed by atoms with Crippen LogP contribution >= 0.6 is 0 Å². The van der Waals surface area contributed by atoms with Gasteiger partial charge in [0.05, 0.1) is 18.8 Å². The summed E-state index contributed by atoms with van der Waals surface area (Å²) in [6.07, 6.45) is 3.26. The molecule has 3 heteroatoms. The summed E-state index contributed by atoms with van der Waals surface area (Å²) >= 11 is 0. The minimum Gasteiger partial charge on any atom is -0.390 e. The quantitative estimate of drug-likeness (QED) is 0.700. The van der Waals surface area contributed by atoms with Crippen molar-refractivity contribution in [2.24, 2.45) is 5.92 Å². The van der Waals surface area contributed by atoms with Crippen molar-refractivity contribution in [3.63, 3.8) is 0 Å². The summed E-state index contributed by atoms with van der Waals surface area (Å²) in [5.74, 6) is -0.0255. The van der Waals surface area contributed by atoms with E-state index in [-0.39, 0.29) is 5.79 Å². The van der Waals surface area contributed by atoms with Crippen LogP contribution in [0.25, 0.3) is 0 Å². The molecule has 1 aliphatic carbocycles. The molecule has 0 aromatic heterocycles. The minimum atomic E-state index is -0.499. The number of ether oxygens (including phenoxy) is 2. The molecule has 2 fully saturated rings. The van der Waals surface area contributed by atoms with E-state index in [1.54, 1.807) is 0 Å². The lowest BCUT2D eigenvalue weighted by molar-refractivity contribution is -0.208. The molecular formula is C11H20O3. The van der Waals surface area contributed by atoms with E-state index in [0.29, 0.717) is 19.1 Å². The van der Waals surface area contributed by atoms with Crippen LogP contribution in [0.15, 0.2) is 0 Å². The van der Waals surface area contributed by atoms with Gasteiger partial charge in [-0.3, -0.25) is 0 Å². The number of aliphatic hydroxyl groups is 1. The van der Waals surface area contributed by atoms with Gasteiger partial charge in [-0.2, -0.15) is 0 Å². The number of hydrogen-bond acceptors (Lipinski definition) is 3. The summed E-state index contributed by atoms with van der Waals surface area (Å²) in [7, 11) is 0. The first-order chi connectivity index (χ1) is 6.56. The molecular weight excluding hydrogens is 180 g/mol. The Labute approximate surface area is 85.4 Å². The highest BCUT2D eigenvalue weighted by atomic mass is 16.7. The molecule has 1 saturated heterocycles. The van der Waals surface area contributed by atoms with E-state index in [9.17, 15) is 5.11 Å². The van der Waals surface area contributed by atoms with Crippen molar-refractivity contribution in [3.8, 4) is 0 Å². The predicted molar refractivity (Wildman–Crippen MR) is 52.9 cm³/mol. The molecule has 0 unspecified atom stereocenters. The molecule has 1 N–H and O–H groups in total. The van der Waals surface area contributed by atoms with E-state index in [0.717, 1.165) is 25.7 Å². The van der Waals surface area contributed by atoms with Crippen molar-refractivity contribution in [1.82, 2.24) is 0 Å². The Kier molecular flexibility index (Phi) is 2.58. The Morgan fingerprint density at radius 2 is 1.50 bits per heavy atom. The fraction of sp³-hybridized carbons (Fsp3) is 1.00. The molecule has 1 spiro atoms. The van der Waals surface area contributed by atoms with Gasteiger partial charge in [0.2, 0.25) is 0 Å². The Morgan fingerprint density at radius 3 is 1.93 bits per heavy atom. The van der Waals surface area contributed by atoms with Crippen LogP contribution in [-0.2, 0) is 9.47 Å². The molecule has 0 radical (unpaired) electrons. The molecule has 1 heterocycles. The molecule has 0 amide bonds. The summed E-state index contributed by atoms with van der Waals surface area (Å²) in [4.78, 5) is 0. The lowest BCUT2D eigenvalue weighted by atomic mass is 9.75. The van der Waals surface area contributed by atoms with E-state index >= 15 is 0 Å². The summed E-state index contributed by atoms with van der Waals surface area (Å²) in [6.45, 7) is 5.57. The predicted octanol–water partition coefficient (Wildman–Crippen LogP) is 1.69. The Balaban J connectivity index is 1.97. The normalized spacial score (nSPS) is 30.0. The van der Waals surface area contributed by atoms with E-state index < -0.39 is 5.60 Å². The summed E-state index contributed by atoms with van der Waals surface area (Å²) in [5, 5.41) is 10.3. The molecule has 0 aromatic rings. The molecule has 82 valence electrons. The second-order valence-electron chi connectivity index (χ2n) is 4.87. The second-order valence-corrected chi connectivity index (χ2v) is 4.87. The van der Waals surface area contributed by atoms with Gasteiger partial charge in [0.1, 0.15) is 0 Å². The van der Waals surface area contributed by atoms with E-state index in [1.807, 2.05) is 0 Å². The minimum absolute atomic E-state index is 0.321. The third-order valence-corrected chi connectivity index (χ3v) is 3.77. The monoisotopic (exact) mass is 200 g/mol. The summed E-state index contributed by atoms with van der Waals surface area (Å²) < 4.78 is 11.2. The van der Waals surface area contributed by atoms with Crippen LogP contribution in [0.4, 0.5) is 0 Å². The molecule has 0 aromatic carbocycles. The third-order valence-electron chi connectivity index (χ3n) is 3.77. The first kappa shape index (κ1) is 10.4. The number of hydrogen-bond donors (Lipinski definition) is 1. The Hall–Kier alpha value is -0.120. The molecule has 0 atom stereocenters. The van der Waals surface area contributed by atoms with E-state index in [4.69, 9.17) is 9.47 Å². The number of rotatable bonds is 1.